The van der Waals surface area contributed by atoms with Crippen LogP contribution in [-0.4, -0.2) is 35.2 Å². The second-order valence-corrected chi connectivity index (χ2v) is 4.64. The molecule has 2 rings (SSSR count). The maximum absolute atomic E-state index is 11.0. The van der Waals surface area contributed by atoms with Gasteiger partial charge in [-0.2, -0.15) is 0 Å². The first kappa shape index (κ1) is 11.9. The third-order valence-electron chi connectivity index (χ3n) is 3.52. The van der Waals surface area contributed by atoms with Gasteiger partial charge < -0.3 is 15.7 Å². The number of aryl methyl sites for hydroxylation is 1. The fourth-order valence-electron chi connectivity index (χ4n) is 2.48. The van der Waals surface area contributed by atoms with Gasteiger partial charge in [-0.15, -0.1) is 0 Å². The van der Waals surface area contributed by atoms with Crippen molar-refractivity contribution in [3.63, 3.8) is 0 Å². The van der Waals surface area contributed by atoms with Crippen LogP contribution in [0.3, 0.4) is 0 Å². The highest BCUT2D eigenvalue weighted by molar-refractivity contribution is 5.65. The Morgan fingerprint density at radius 3 is 2.82 bits per heavy atom. The fourth-order valence-corrected chi connectivity index (χ4v) is 2.48. The molecule has 0 spiro atoms. The van der Waals surface area contributed by atoms with E-state index in [1.165, 1.54) is 16.0 Å². The zero-order chi connectivity index (χ0) is 12.4. The molecule has 0 saturated carbocycles. The average molecular weight is 234 g/mol. The SMILES string of the molecule is Cc1ccccc1C1CN(C(=O)O)CCC1N. The summed E-state index contributed by atoms with van der Waals surface area (Å²) in [5, 5.41) is 9.04. The van der Waals surface area contributed by atoms with Crippen LogP contribution in [0.5, 0.6) is 0 Å². The van der Waals surface area contributed by atoms with Crippen LogP contribution in [0, 0.1) is 6.92 Å². The maximum Gasteiger partial charge on any atom is 0.407 e. The molecule has 1 aliphatic heterocycles. The molecule has 1 saturated heterocycles. The summed E-state index contributed by atoms with van der Waals surface area (Å²) in [6, 6.07) is 8.11. The second kappa shape index (κ2) is 4.75. The van der Waals surface area contributed by atoms with Crippen LogP contribution in [0.2, 0.25) is 0 Å². The smallest absolute Gasteiger partial charge is 0.407 e. The van der Waals surface area contributed by atoms with Crippen LogP contribution >= 0.6 is 0 Å². The zero-order valence-electron chi connectivity index (χ0n) is 9.97. The topological polar surface area (TPSA) is 66.6 Å². The lowest BCUT2D eigenvalue weighted by atomic mass is 9.84. The Kier molecular flexibility index (Phi) is 3.33. The molecule has 1 aromatic rings. The molecule has 4 heteroatoms. The van der Waals surface area contributed by atoms with Gasteiger partial charge in [-0.1, -0.05) is 24.3 Å². The lowest BCUT2D eigenvalue weighted by Crippen LogP contribution is -2.47. The number of nitrogens with zero attached hydrogens (tertiary/aromatic N) is 1. The van der Waals surface area contributed by atoms with Crippen LogP contribution in [0.25, 0.3) is 0 Å². The minimum Gasteiger partial charge on any atom is -0.465 e. The molecule has 0 aliphatic carbocycles. The highest BCUT2D eigenvalue weighted by Gasteiger charge is 2.30. The van der Waals surface area contributed by atoms with Crippen LogP contribution in [-0.2, 0) is 0 Å². The quantitative estimate of drug-likeness (QED) is 0.778. The molecule has 1 heterocycles. The molecule has 1 amide bonds. The Morgan fingerprint density at radius 2 is 2.18 bits per heavy atom. The molecule has 3 N–H and O–H groups in total. The number of hydrogen-bond acceptors (Lipinski definition) is 2. The summed E-state index contributed by atoms with van der Waals surface area (Å²) >= 11 is 0. The molecule has 17 heavy (non-hydrogen) atoms. The summed E-state index contributed by atoms with van der Waals surface area (Å²) in [6.07, 6.45) is -0.124. The minimum atomic E-state index is -0.851. The second-order valence-electron chi connectivity index (χ2n) is 4.64. The lowest BCUT2D eigenvalue weighted by molar-refractivity contribution is 0.126. The van der Waals surface area contributed by atoms with Gasteiger partial charge in [0, 0.05) is 25.0 Å². The van der Waals surface area contributed by atoms with Gasteiger partial charge in [0.05, 0.1) is 0 Å². The number of amides is 1. The van der Waals surface area contributed by atoms with Gasteiger partial charge in [0.15, 0.2) is 0 Å². The Balaban J connectivity index is 2.24. The molecule has 1 aromatic carbocycles. The normalized spacial score (nSPS) is 24.7. The number of hydrogen-bond donors (Lipinski definition) is 2. The van der Waals surface area contributed by atoms with Gasteiger partial charge >= 0.3 is 6.09 Å². The molecular weight excluding hydrogens is 216 g/mol. The number of nitrogens with two attached hydrogens (primary N) is 1. The first-order valence-corrected chi connectivity index (χ1v) is 5.88. The molecule has 0 bridgehead atoms. The number of piperidine rings is 1. The molecule has 1 fully saturated rings. The Labute approximate surface area is 101 Å². The van der Waals surface area contributed by atoms with Crippen molar-refractivity contribution in [3.05, 3.63) is 35.4 Å². The first-order chi connectivity index (χ1) is 8.09. The highest BCUT2D eigenvalue weighted by atomic mass is 16.4. The number of likely N-dealkylation sites (tertiary alicyclic amines) is 1. The van der Waals surface area contributed by atoms with E-state index in [0.717, 1.165) is 6.42 Å². The molecule has 4 nitrogen and oxygen atoms in total. The van der Waals surface area contributed by atoms with Crippen molar-refractivity contribution in [2.24, 2.45) is 5.73 Å². The number of rotatable bonds is 1. The Hall–Kier alpha value is -1.55. The van der Waals surface area contributed by atoms with E-state index in [1.807, 2.05) is 31.2 Å². The number of carbonyl (C=O) groups is 1. The Morgan fingerprint density at radius 1 is 1.47 bits per heavy atom. The van der Waals surface area contributed by atoms with Gasteiger partial charge in [-0.3, -0.25) is 0 Å². The third-order valence-corrected chi connectivity index (χ3v) is 3.52. The van der Waals surface area contributed by atoms with E-state index in [1.54, 1.807) is 0 Å². The van der Waals surface area contributed by atoms with Crippen molar-refractivity contribution in [1.29, 1.82) is 0 Å². The fraction of sp³-hybridized carbons (Fsp3) is 0.462. The summed E-state index contributed by atoms with van der Waals surface area (Å²) < 4.78 is 0. The van der Waals surface area contributed by atoms with Gasteiger partial charge in [0.25, 0.3) is 0 Å². The van der Waals surface area contributed by atoms with Crippen molar-refractivity contribution < 1.29 is 9.90 Å². The Bertz CT molecular complexity index is 420. The molecule has 2 unspecified atom stereocenters. The van der Waals surface area contributed by atoms with Crippen LogP contribution in [0.15, 0.2) is 24.3 Å². The average Bonchev–Trinajstić information content (AvgIpc) is 2.30. The predicted molar refractivity (Wildman–Crippen MR) is 66.1 cm³/mol. The van der Waals surface area contributed by atoms with E-state index >= 15 is 0 Å². The van der Waals surface area contributed by atoms with Crippen molar-refractivity contribution in [3.8, 4) is 0 Å². The molecule has 0 aromatic heterocycles. The molecule has 0 radical (unpaired) electrons. The van der Waals surface area contributed by atoms with Crippen molar-refractivity contribution in [2.45, 2.75) is 25.3 Å². The van der Waals surface area contributed by atoms with E-state index in [9.17, 15) is 4.79 Å². The van der Waals surface area contributed by atoms with Crippen molar-refractivity contribution in [1.82, 2.24) is 4.90 Å². The van der Waals surface area contributed by atoms with E-state index in [2.05, 4.69) is 0 Å². The van der Waals surface area contributed by atoms with Crippen LogP contribution in [0.4, 0.5) is 4.79 Å². The van der Waals surface area contributed by atoms with Crippen LogP contribution < -0.4 is 5.73 Å². The van der Waals surface area contributed by atoms with Crippen LogP contribution in [0.1, 0.15) is 23.5 Å². The van der Waals surface area contributed by atoms with E-state index in [0.29, 0.717) is 13.1 Å². The van der Waals surface area contributed by atoms with E-state index in [4.69, 9.17) is 10.8 Å². The summed E-state index contributed by atoms with van der Waals surface area (Å²) in [5.41, 5.74) is 8.48. The summed E-state index contributed by atoms with van der Waals surface area (Å²) in [4.78, 5) is 12.5. The highest BCUT2D eigenvalue weighted by Crippen LogP contribution is 2.28. The molecule has 92 valence electrons. The van der Waals surface area contributed by atoms with Gasteiger partial charge in [0.2, 0.25) is 0 Å². The standard InChI is InChI=1S/C13H18N2O2/c1-9-4-2-3-5-10(9)11-8-15(13(16)17)7-6-12(11)14/h2-5,11-12H,6-8,14H2,1H3,(H,16,17). The number of benzene rings is 1. The number of carboxylic acid groups (broad SMARTS) is 1. The predicted octanol–water partition coefficient (Wildman–Crippen LogP) is 1.79. The van der Waals surface area contributed by atoms with Gasteiger partial charge in [0.1, 0.15) is 0 Å². The van der Waals surface area contributed by atoms with Crippen molar-refractivity contribution in [2.75, 3.05) is 13.1 Å². The monoisotopic (exact) mass is 234 g/mol. The van der Waals surface area contributed by atoms with Crippen molar-refractivity contribution >= 4 is 6.09 Å². The molecule has 2 atom stereocenters. The molecular formula is C13H18N2O2. The molecule has 1 aliphatic rings. The largest absolute Gasteiger partial charge is 0.465 e. The van der Waals surface area contributed by atoms with E-state index < -0.39 is 6.09 Å². The summed E-state index contributed by atoms with van der Waals surface area (Å²) in [6.45, 7) is 3.09. The summed E-state index contributed by atoms with van der Waals surface area (Å²) in [5.74, 6) is 0.112. The maximum atomic E-state index is 11.0. The van der Waals surface area contributed by atoms with E-state index in [-0.39, 0.29) is 12.0 Å². The third kappa shape index (κ3) is 2.42. The lowest BCUT2D eigenvalue weighted by Gasteiger charge is -2.36. The minimum absolute atomic E-state index is 0.0479. The summed E-state index contributed by atoms with van der Waals surface area (Å²) in [7, 11) is 0. The zero-order valence-corrected chi connectivity index (χ0v) is 9.97. The first-order valence-electron chi connectivity index (χ1n) is 5.88. The van der Waals surface area contributed by atoms with Gasteiger partial charge in [-0.05, 0) is 24.5 Å². The van der Waals surface area contributed by atoms with Gasteiger partial charge in [-0.25, -0.2) is 4.79 Å².